The topological polar surface area (TPSA) is 67.2 Å². The normalized spacial score (nSPS) is 15.8. The van der Waals surface area contributed by atoms with Crippen LogP contribution in [0.15, 0.2) is 34.2 Å². The Labute approximate surface area is 196 Å². The zero-order chi connectivity index (χ0) is 22.1. The fraction of sp³-hybridized carbons (Fsp3) is 0.458. The largest absolute Gasteiger partial charge is 0.372 e. The number of aryl methyl sites for hydroxylation is 2. The van der Waals surface area contributed by atoms with Gasteiger partial charge in [-0.25, -0.2) is 4.98 Å². The number of amides is 1. The number of benzene rings is 1. The van der Waals surface area contributed by atoms with E-state index in [1.807, 2.05) is 19.1 Å². The Morgan fingerprint density at radius 2 is 1.88 bits per heavy atom. The first-order chi connectivity index (χ1) is 15.6. The summed E-state index contributed by atoms with van der Waals surface area (Å²) in [4.78, 5) is 35.1. The number of nitrogens with one attached hydrogen (secondary N) is 1. The van der Waals surface area contributed by atoms with E-state index in [9.17, 15) is 9.59 Å². The fourth-order valence-corrected chi connectivity index (χ4v) is 6.83. The number of anilines is 2. The molecule has 8 heteroatoms. The number of hydrogen-bond donors (Lipinski definition) is 1. The summed E-state index contributed by atoms with van der Waals surface area (Å²) in [5.41, 5.74) is 3.25. The first-order valence-electron chi connectivity index (χ1n) is 11.5. The minimum absolute atomic E-state index is 0.0392. The molecule has 0 radical (unpaired) electrons. The Bertz CT molecular complexity index is 1190. The summed E-state index contributed by atoms with van der Waals surface area (Å²) in [6.07, 6.45) is 6.83. The van der Waals surface area contributed by atoms with Crippen LogP contribution in [-0.4, -0.2) is 34.3 Å². The summed E-state index contributed by atoms with van der Waals surface area (Å²) in [6, 6.07) is 8.05. The highest BCUT2D eigenvalue weighted by Gasteiger charge is 2.22. The molecule has 1 aliphatic heterocycles. The molecule has 1 N–H and O–H groups in total. The number of aromatic nitrogens is 2. The number of hydrogen-bond acceptors (Lipinski definition) is 6. The van der Waals surface area contributed by atoms with Crippen molar-refractivity contribution in [1.29, 1.82) is 0 Å². The molecule has 0 saturated carbocycles. The van der Waals surface area contributed by atoms with Crippen LogP contribution in [0.2, 0.25) is 0 Å². The van der Waals surface area contributed by atoms with Gasteiger partial charge in [0.1, 0.15) is 4.83 Å². The van der Waals surface area contributed by atoms with Crippen LogP contribution in [-0.2, 0) is 24.2 Å². The van der Waals surface area contributed by atoms with E-state index >= 15 is 0 Å². The smallest absolute Gasteiger partial charge is 0.263 e. The standard InChI is InChI=1S/C24H28N4O2S2/c1-2-28-23(30)21-18-7-3-4-8-19(18)32-22(21)26-24(28)31-15-20(29)25-16-9-11-17(12-10-16)27-13-5-6-14-27/h9-12H,2-8,13-15H2,1H3,(H,25,29). The molecule has 0 spiro atoms. The number of carbonyl (C=O) groups is 1. The van der Waals surface area contributed by atoms with Crippen molar-refractivity contribution in [3.05, 3.63) is 45.1 Å². The number of thioether (sulfide) groups is 1. The molecule has 0 unspecified atom stereocenters. The van der Waals surface area contributed by atoms with Gasteiger partial charge in [-0.2, -0.15) is 0 Å². The van der Waals surface area contributed by atoms with Gasteiger partial charge in [-0.15, -0.1) is 11.3 Å². The molecule has 0 bridgehead atoms. The van der Waals surface area contributed by atoms with E-state index in [2.05, 4.69) is 22.3 Å². The van der Waals surface area contributed by atoms with E-state index in [0.717, 1.165) is 48.3 Å². The highest BCUT2D eigenvalue weighted by Crippen LogP contribution is 2.34. The molecular formula is C24H28N4O2S2. The Morgan fingerprint density at radius 3 is 2.62 bits per heavy atom. The molecule has 32 heavy (non-hydrogen) atoms. The lowest BCUT2D eigenvalue weighted by atomic mass is 9.97. The van der Waals surface area contributed by atoms with E-state index < -0.39 is 0 Å². The van der Waals surface area contributed by atoms with Crippen molar-refractivity contribution < 1.29 is 4.79 Å². The van der Waals surface area contributed by atoms with Gasteiger partial charge in [-0.1, -0.05) is 11.8 Å². The highest BCUT2D eigenvalue weighted by molar-refractivity contribution is 7.99. The number of nitrogens with zero attached hydrogens (tertiary/aromatic N) is 3. The lowest BCUT2D eigenvalue weighted by molar-refractivity contribution is -0.113. The highest BCUT2D eigenvalue weighted by atomic mass is 32.2. The Kier molecular flexibility index (Phi) is 6.24. The van der Waals surface area contributed by atoms with E-state index in [-0.39, 0.29) is 17.2 Å². The van der Waals surface area contributed by atoms with Gasteiger partial charge < -0.3 is 10.2 Å². The van der Waals surface area contributed by atoms with Gasteiger partial charge in [0.05, 0.1) is 11.1 Å². The number of thiophene rings is 1. The molecule has 1 aliphatic carbocycles. The predicted octanol–water partition coefficient (Wildman–Crippen LogP) is 4.69. The average molecular weight is 469 g/mol. The van der Waals surface area contributed by atoms with Crippen molar-refractivity contribution >= 4 is 50.6 Å². The third-order valence-corrected chi connectivity index (χ3v) is 8.47. The summed E-state index contributed by atoms with van der Waals surface area (Å²) in [6.45, 7) is 4.71. The molecule has 2 aromatic heterocycles. The summed E-state index contributed by atoms with van der Waals surface area (Å²) in [5, 5.41) is 4.40. The van der Waals surface area contributed by atoms with Crippen LogP contribution in [0.1, 0.15) is 43.0 Å². The average Bonchev–Trinajstić information content (AvgIpc) is 3.46. The first-order valence-corrected chi connectivity index (χ1v) is 13.3. The monoisotopic (exact) mass is 468 g/mol. The number of carbonyl (C=O) groups excluding carboxylic acids is 1. The van der Waals surface area contributed by atoms with Crippen LogP contribution in [0.25, 0.3) is 10.2 Å². The molecule has 3 heterocycles. The van der Waals surface area contributed by atoms with Crippen LogP contribution in [0.4, 0.5) is 11.4 Å². The van der Waals surface area contributed by atoms with Gasteiger partial charge in [0, 0.05) is 35.9 Å². The SMILES string of the molecule is CCn1c(SCC(=O)Nc2ccc(N3CCCC3)cc2)nc2sc3c(c2c1=O)CCCC3. The Morgan fingerprint density at radius 1 is 1.12 bits per heavy atom. The molecule has 1 aromatic carbocycles. The minimum atomic E-state index is -0.0913. The lowest BCUT2D eigenvalue weighted by Gasteiger charge is -2.17. The molecule has 168 valence electrons. The molecule has 0 atom stereocenters. The van der Waals surface area contributed by atoms with Gasteiger partial charge in [0.2, 0.25) is 5.91 Å². The Balaban J connectivity index is 1.29. The van der Waals surface area contributed by atoms with Crippen molar-refractivity contribution in [2.24, 2.45) is 0 Å². The second kappa shape index (κ2) is 9.27. The van der Waals surface area contributed by atoms with Crippen molar-refractivity contribution in [3.63, 3.8) is 0 Å². The summed E-state index contributed by atoms with van der Waals surface area (Å²) in [7, 11) is 0. The number of rotatable bonds is 6. The molecule has 1 amide bonds. The van der Waals surface area contributed by atoms with E-state index in [1.165, 1.54) is 47.2 Å². The zero-order valence-corrected chi connectivity index (χ0v) is 20.0. The predicted molar refractivity (Wildman–Crippen MR) is 133 cm³/mol. The van der Waals surface area contributed by atoms with Crippen LogP contribution in [0, 0.1) is 0 Å². The van der Waals surface area contributed by atoms with Gasteiger partial charge in [-0.3, -0.25) is 14.2 Å². The molecular weight excluding hydrogens is 440 g/mol. The van der Waals surface area contributed by atoms with Crippen molar-refractivity contribution in [1.82, 2.24) is 9.55 Å². The van der Waals surface area contributed by atoms with Gasteiger partial charge in [0.25, 0.3) is 5.56 Å². The second-order valence-electron chi connectivity index (χ2n) is 8.41. The van der Waals surface area contributed by atoms with Crippen molar-refractivity contribution in [3.8, 4) is 0 Å². The number of fused-ring (bicyclic) bond motifs is 3. The second-order valence-corrected chi connectivity index (χ2v) is 10.4. The van der Waals surface area contributed by atoms with Crippen LogP contribution in [0.3, 0.4) is 0 Å². The van der Waals surface area contributed by atoms with Crippen LogP contribution >= 0.6 is 23.1 Å². The van der Waals surface area contributed by atoms with E-state index in [0.29, 0.717) is 11.7 Å². The molecule has 6 nitrogen and oxygen atoms in total. The van der Waals surface area contributed by atoms with Gasteiger partial charge in [0.15, 0.2) is 5.16 Å². The lowest BCUT2D eigenvalue weighted by Crippen LogP contribution is -2.24. The van der Waals surface area contributed by atoms with Gasteiger partial charge >= 0.3 is 0 Å². The molecule has 2 aliphatic rings. The zero-order valence-electron chi connectivity index (χ0n) is 18.4. The summed E-state index contributed by atoms with van der Waals surface area (Å²) in [5.74, 6) is 0.128. The Hall–Kier alpha value is -2.32. The molecule has 5 rings (SSSR count). The first kappa shape index (κ1) is 21.5. The maximum atomic E-state index is 13.2. The summed E-state index contributed by atoms with van der Waals surface area (Å²) < 4.78 is 1.72. The maximum Gasteiger partial charge on any atom is 0.263 e. The third-order valence-electron chi connectivity index (χ3n) is 6.31. The van der Waals surface area contributed by atoms with Crippen LogP contribution < -0.4 is 15.8 Å². The fourth-order valence-electron chi connectivity index (χ4n) is 4.67. The molecule has 1 fully saturated rings. The van der Waals surface area contributed by atoms with Crippen molar-refractivity contribution in [2.75, 3.05) is 29.1 Å². The molecule has 1 saturated heterocycles. The van der Waals surface area contributed by atoms with Crippen LogP contribution in [0.5, 0.6) is 0 Å². The van der Waals surface area contributed by atoms with E-state index in [1.54, 1.807) is 15.9 Å². The van der Waals surface area contributed by atoms with Gasteiger partial charge in [-0.05, 0) is 75.3 Å². The van der Waals surface area contributed by atoms with Crippen molar-refractivity contribution in [2.45, 2.75) is 57.1 Å². The van der Waals surface area contributed by atoms with E-state index in [4.69, 9.17) is 4.98 Å². The third kappa shape index (κ3) is 4.18. The molecule has 3 aromatic rings. The minimum Gasteiger partial charge on any atom is -0.372 e. The quantitative estimate of drug-likeness (QED) is 0.420. The maximum absolute atomic E-state index is 13.2. The summed E-state index contributed by atoms with van der Waals surface area (Å²) >= 11 is 2.99.